The molecule has 1 heterocycles. The van der Waals surface area contributed by atoms with E-state index in [1.54, 1.807) is 0 Å². The Bertz CT molecular complexity index is 866. The fraction of sp³-hybridized carbons (Fsp3) is 0.921. The van der Waals surface area contributed by atoms with E-state index >= 15 is 0 Å². The van der Waals surface area contributed by atoms with Crippen molar-refractivity contribution in [2.24, 2.45) is 29.1 Å². The molecule has 5 fully saturated rings. The highest BCUT2D eigenvalue weighted by Gasteiger charge is 2.51. The second-order valence-corrected chi connectivity index (χ2v) is 15.4. The van der Waals surface area contributed by atoms with Crippen molar-refractivity contribution < 1.29 is 33.3 Å². The van der Waals surface area contributed by atoms with Crippen molar-refractivity contribution in [1.82, 2.24) is 4.90 Å². The van der Waals surface area contributed by atoms with Gasteiger partial charge in [0.05, 0.1) is 18.9 Å². The Morgan fingerprint density at radius 1 is 0.652 bits per heavy atom. The molecular formula is C38H65NO7. The number of hydrogen-bond acceptors (Lipinski definition) is 8. The van der Waals surface area contributed by atoms with Crippen molar-refractivity contribution in [1.29, 1.82) is 0 Å². The maximum Gasteiger partial charge on any atom is 0.508 e. The predicted octanol–water partition coefficient (Wildman–Crippen LogP) is 8.64. The van der Waals surface area contributed by atoms with Gasteiger partial charge in [0.25, 0.3) is 0 Å². The first-order chi connectivity index (χ1) is 22.4. The van der Waals surface area contributed by atoms with Gasteiger partial charge in [0.1, 0.15) is 19.8 Å². The Balaban J connectivity index is 1.12. The Morgan fingerprint density at radius 3 is 1.76 bits per heavy atom. The number of nitrogens with zero attached hydrogens (tertiary/aromatic N) is 1. The number of likely N-dealkylation sites (tertiary alicyclic amines) is 1. The molecule has 0 aromatic rings. The molecule has 4 saturated carbocycles. The van der Waals surface area contributed by atoms with E-state index in [1.807, 2.05) is 0 Å². The molecule has 0 radical (unpaired) electrons. The molecule has 5 rings (SSSR count). The van der Waals surface area contributed by atoms with Crippen molar-refractivity contribution in [3.8, 4) is 0 Å². The van der Waals surface area contributed by atoms with Gasteiger partial charge in [-0.15, -0.1) is 0 Å². The standard InChI is InChI=1S/C38H65NO7/c1-2-3-4-5-6-7-8-9-10-11-12-16-35(40)44-28-34(30-46-37(42)43-20-15-19-39-17-13-14-18-39)29-45-36(41)27-38-24-31-21-32(25-38)23-33(22-31)26-38/h31-34H,2-30H2,1H3. The highest BCUT2D eigenvalue weighted by Crippen LogP contribution is 2.61. The normalized spacial score (nSPS) is 25.8. The van der Waals surface area contributed by atoms with Gasteiger partial charge in [0.2, 0.25) is 0 Å². The quantitative estimate of drug-likeness (QED) is 0.0584. The van der Waals surface area contributed by atoms with E-state index < -0.39 is 12.1 Å². The van der Waals surface area contributed by atoms with Crippen LogP contribution in [0.2, 0.25) is 0 Å². The van der Waals surface area contributed by atoms with Gasteiger partial charge < -0.3 is 23.8 Å². The highest BCUT2D eigenvalue weighted by atomic mass is 16.7. The second kappa shape index (κ2) is 20.5. The van der Waals surface area contributed by atoms with E-state index in [0.29, 0.717) is 19.4 Å². The smallest absolute Gasteiger partial charge is 0.465 e. The molecule has 4 aliphatic carbocycles. The highest BCUT2D eigenvalue weighted by molar-refractivity contribution is 5.70. The monoisotopic (exact) mass is 647 g/mol. The second-order valence-electron chi connectivity index (χ2n) is 15.4. The van der Waals surface area contributed by atoms with Crippen LogP contribution in [0.3, 0.4) is 0 Å². The average molecular weight is 648 g/mol. The van der Waals surface area contributed by atoms with Crippen molar-refractivity contribution in [2.45, 2.75) is 148 Å². The maximum absolute atomic E-state index is 13.1. The molecule has 5 aliphatic rings. The van der Waals surface area contributed by atoms with Crippen molar-refractivity contribution in [2.75, 3.05) is 46.1 Å². The molecule has 0 amide bonds. The van der Waals surface area contributed by atoms with Crippen LogP contribution in [0.1, 0.15) is 148 Å². The number of hydrogen-bond donors (Lipinski definition) is 0. The molecule has 0 N–H and O–H groups in total. The summed E-state index contributed by atoms with van der Waals surface area (Å²) in [5, 5.41) is 0. The first kappa shape index (κ1) is 37.0. The van der Waals surface area contributed by atoms with Crippen molar-refractivity contribution in [3.05, 3.63) is 0 Å². The lowest BCUT2D eigenvalue weighted by Gasteiger charge is -2.56. The van der Waals surface area contributed by atoms with Crippen LogP contribution in [0.25, 0.3) is 0 Å². The van der Waals surface area contributed by atoms with E-state index in [9.17, 15) is 14.4 Å². The summed E-state index contributed by atoms with van der Waals surface area (Å²) in [5.41, 5.74) is 0.109. The lowest BCUT2D eigenvalue weighted by atomic mass is 9.49. The molecule has 264 valence electrons. The topological polar surface area (TPSA) is 91.4 Å². The molecule has 0 spiro atoms. The Labute approximate surface area is 279 Å². The van der Waals surface area contributed by atoms with Gasteiger partial charge in [0.15, 0.2) is 0 Å². The first-order valence-electron chi connectivity index (χ1n) is 19.3. The van der Waals surface area contributed by atoms with Gasteiger partial charge >= 0.3 is 18.1 Å². The molecule has 8 nitrogen and oxygen atoms in total. The van der Waals surface area contributed by atoms with Crippen LogP contribution < -0.4 is 0 Å². The van der Waals surface area contributed by atoms with E-state index in [-0.39, 0.29) is 37.2 Å². The number of carbonyl (C=O) groups is 3. The molecule has 0 aromatic heterocycles. The van der Waals surface area contributed by atoms with E-state index in [0.717, 1.165) is 82.3 Å². The molecule has 8 heteroatoms. The summed E-state index contributed by atoms with van der Waals surface area (Å²) < 4.78 is 22.0. The number of esters is 2. The van der Waals surface area contributed by atoms with Gasteiger partial charge in [-0.25, -0.2) is 4.79 Å². The summed E-state index contributed by atoms with van der Waals surface area (Å²) in [7, 11) is 0. The summed E-state index contributed by atoms with van der Waals surface area (Å²) in [6.45, 7) is 5.83. The van der Waals surface area contributed by atoms with Gasteiger partial charge in [-0.2, -0.15) is 0 Å². The summed E-state index contributed by atoms with van der Waals surface area (Å²) in [6.07, 6.45) is 24.4. The number of carbonyl (C=O) groups excluding carboxylic acids is 3. The number of ether oxygens (including phenoxy) is 4. The van der Waals surface area contributed by atoms with Gasteiger partial charge in [-0.1, -0.05) is 71.1 Å². The zero-order chi connectivity index (χ0) is 32.5. The largest absolute Gasteiger partial charge is 0.508 e. The molecule has 0 aromatic carbocycles. The Hall–Kier alpha value is -1.83. The minimum atomic E-state index is -0.724. The molecular weight excluding hydrogens is 582 g/mol. The lowest BCUT2D eigenvalue weighted by molar-refractivity contribution is -0.155. The van der Waals surface area contributed by atoms with Crippen LogP contribution in [0.15, 0.2) is 0 Å². The average Bonchev–Trinajstić information content (AvgIpc) is 3.54. The third-order valence-electron chi connectivity index (χ3n) is 11.1. The SMILES string of the molecule is CCCCCCCCCCCCCC(=O)OCC(COC(=O)CC12CC3CC(CC(C3)C1)C2)COC(=O)OCCCN1CCCC1. The maximum atomic E-state index is 13.1. The summed E-state index contributed by atoms with van der Waals surface area (Å²) in [4.78, 5) is 40.2. The third-order valence-corrected chi connectivity index (χ3v) is 11.1. The minimum Gasteiger partial charge on any atom is -0.465 e. The fourth-order valence-corrected chi connectivity index (χ4v) is 9.11. The molecule has 1 atom stereocenters. The third kappa shape index (κ3) is 13.7. The van der Waals surface area contributed by atoms with Crippen LogP contribution in [-0.2, 0) is 28.5 Å². The van der Waals surface area contributed by atoms with Crippen LogP contribution in [0.4, 0.5) is 4.79 Å². The first-order valence-corrected chi connectivity index (χ1v) is 19.3. The van der Waals surface area contributed by atoms with Crippen molar-refractivity contribution >= 4 is 18.1 Å². The van der Waals surface area contributed by atoms with E-state index in [1.165, 1.54) is 83.5 Å². The molecule has 46 heavy (non-hydrogen) atoms. The van der Waals surface area contributed by atoms with Crippen molar-refractivity contribution in [3.63, 3.8) is 0 Å². The van der Waals surface area contributed by atoms with E-state index in [4.69, 9.17) is 18.9 Å². The lowest BCUT2D eigenvalue weighted by Crippen LogP contribution is -2.47. The number of unbranched alkanes of at least 4 members (excludes halogenated alkanes) is 10. The van der Waals surface area contributed by atoms with Crippen LogP contribution >= 0.6 is 0 Å². The molecule has 4 bridgehead atoms. The fourth-order valence-electron chi connectivity index (χ4n) is 9.11. The van der Waals surface area contributed by atoms with Gasteiger partial charge in [-0.3, -0.25) is 9.59 Å². The van der Waals surface area contributed by atoms with E-state index in [2.05, 4.69) is 11.8 Å². The Kier molecular flexibility index (Phi) is 16.5. The molecule has 1 unspecified atom stereocenters. The van der Waals surface area contributed by atoms with Crippen LogP contribution in [0, 0.1) is 29.1 Å². The van der Waals surface area contributed by atoms with Crippen LogP contribution in [0.5, 0.6) is 0 Å². The summed E-state index contributed by atoms with van der Waals surface area (Å²) in [6, 6.07) is 0. The zero-order valence-electron chi connectivity index (χ0n) is 29.1. The van der Waals surface area contributed by atoms with Crippen LogP contribution in [-0.4, -0.2) is 69.1 Å². The summed E-state index contributed by atoms with van der Waals surface area (Å²) in [5.74, 6) is 1.50. The molecule has 1 saturated heterocycles. The number of rotatable bonds is 24. The minimum absolute atomic E-state index is 0.0126. The predicted molar refractivity (Wildman–Crippen MR) is 179 cm³/mol. The van der Waals surface area contributed by atoms with Gasteiger partial charge in [-0.05, 0) is 100 Å². The van der Waals surface area contributed by atoms with Gasteiger partial charge in [0, 0.05) is 13.0 Å². The Morgan fingerprint density at radius 2 is 1.17 bits per heavy atom. The molecule has 1 aliphatic heterocycles. The summed E-state index contributed by atoms with van der Waals surface area (Å²) >= 11 is 0. The zero-order valence-corrected chi connectivity index (χ0v) is 29.1.